The number of hydrogen-bond acceptors (Lipinski definition) is 4. The molecule has 1 rings (SSSR count). The van der Waals surface area contributed by atoms with Crippen LogP contribution in [-0.4, -0.2) is 28.0 Å². The van der Waals surface area contributed by atoms with Crippen molar-refractivity contribution < 1.29 is 21.9 Å². The van der Waals surface area contributed by atoms with Crippen LogP contribution < -0.4 is 15.2 Å². The van der Waals surface area contributed by atoms with E-state index in [0.29, 0.717) is 17.9 Å². The molecule has 0 heterocycles. The first-order valence-corrected chi connectivity index (χ1v) is 7.62. The van der Waals surface area contributed by atoms with Crippen LogP contribution in [-0.2, 0) is 16.6 Å². The molecule has 0 amide bonds. The van der Waals surface area contributed by atoms with E-state index in [4.69, 9.17) is 10.5 Å². The molecule has 0 spiro atoms. The maximum Gasteiger partial charge on any atom is 0.251 e. The zero-order chi connectivity index (χ0) is 15.2. The molecule has 0 aliphatic rings. The van der Waals surface area contributed by atoms with Crippen molar-refractivity contribution in [3.63, 3.8) is 0 Å². The van der Waals surface area contributed by atoms with Gasteiger partial charge in [-0.3, -0.25) is 0 Å². The Morgan fingerprint density at radius 3 is 2.65 bits per heavy atom. The summed E-state index contributed by atoms with van der Waals surface area (Å²) in [6.07, 6.45) is -1.94. The Kier molecular flexibility index (Phi) is 6.31. The molecule has 0 aromatic heterocycles. The fraction of sp³-hybridized carbons (Fsp3) is 0.500. The van der Waals surface area contributed by atoms with Crippen molar-refractivity contribution in [1.82, 2.24) is 4.72 Å². The quantitative estimate of drug-likeness (QED) is 0.762. The minimum absolute atomic E-state index is 0.0945. The fourth-order valence-corrected chi connectivity index (χ4v) is 2.55. The van der Waals surface area contributed by atoms with Gasteiger partial charge in [0.15, 0.2) is 0 Å². The third-order valence-corrected chi connectivity index (χ3v) is 3.87. The highest BCUT2D eigenvalue weighted by Gasteiger charge is 2.17. The summed E-state index contributed by atoms with van der Waals surface area (Å²) in [5, 5.41) is 0. The first-order chi connectivity index (χ1) is 9.40. The zero-order valence-electron chi connectivity index (χ0n) is 11.1. The predicted octanol–water partition coefficient (Wildman–Crippen LogP) is 1.48. The zero-order valence-corrected chi connectivity index (χ0v) is 11.9. The number of rotatable bonds is 8. The van der Waals surface area contributed by atoms with E-state index in [1.54, 1.807) is 0 Å². The van der Waals surface area contributed by atoms with Crippen molar-refractivity contribution >= 4 is 10.0 Å². The highest BCUT2D eigenvalue weighted by atomic mass is 32.2. The van der Waals surface area contributed by atoms with Crippen LogP contribution in [0.15, 0.2) is 23.1 Å². The van der Waals surface area contributed by atoms with Gasteiger partial charge in [-0.2, -0.15) is 0 Å². The summed E-state index contributed by atoms with van der Waals surface area (Å²) in [5.74, 6) is 0.502. The summed E-state index contributed by atoms with van der Waals surface area (Å²) < 4.78 is 55.0. The van der Waals surface area contributed by atoms with Gasteiger partial charge >= 0.3 is 0 Å². The van der Waals surface area contributed by atoms with E-state index in [0.717, 1.165) is 6.42 Å². The van der Waals surface area contributed by atoms with Crippen molar-refractivity contribution in [1.29, 1.82) is 0 Å². The van der Waals surface area contributed by atoms with Gasteiger partial charge in [-0.1, -0.05) is 6.92 Å². The number of nitrogens with two attached hydrogens (primary N) is 1. The Labute approximate surface area is 117 Å². The molecular weight excluding hydrogens is 290 g/mol. The highest BCUT2D eigenvalue weighted by molar-refractivity contribution is 7.89. The number of halogens is 2. The smallest absolute Gasteiger partial charge is 0.251 e. The maximum atomic E-state index is 12.1. The lowest BCUT2D eigenvalue weighted by molar-refractivity contribution is 0.153. The molecule has 0 atom stereocenters. The van der Waals surface area contributed by atoms with Crippen LogP contribution in [0.25, 0.3) is 0 Å². The Bertz CT molecular complexity index is 536. The van der Waals surface area contributed by atoms with Gasteiger partial charge in [-0.25, -0.2) is 21.9 Å². The number of nitrogens with one attached hydrogen (secondary N) is 1. The second kappa shape index (κ2) is 7.51. The van der Waals surface area contributed by atoms with E-state index in [9.17, 15) is 17.2 Å². The second-order valence-electron chi connectivity index (χ2n) is 4.07. The average molecular weight is 308 g/mol. The summed E-state index contributed by atoms with van der Waals surface area (Å²) >= 11 is 0. The molecule has 1 aromatic carbocycles. The SMILES string of the molecule is CCCOc1ccc(S(=O)(=O)NCC(F)F)cc1CN. The summed E-state index contributed by atoms with van der Waals surface area (Å²) in [6, 6.07) is 4.12. The van der Waals surface area contributed by atoms with E-state index in [-0.39, 0.29) is 11.4 Å². The molecule has 3 N–H and O–H groups in total. The number of sulfonamides is 1. The lowest BCUT2D eigenvalue weighted by Gasteiger charge is -2.12. The van der Waals surface area contributed by atoms with Crippen LogP contribution in [0, 0.1) is 0 Å². The van der Waals surface area contributed by atoms with Gasteiger partial charge in [0.1, 0.15) is 5.75 Å². The van der Waals surface area contributed by atoms with Crippen LogP contribution in [0.3, 0.4) is 0 Å². The van der Waals surface area contributed by atoms with E-state index in [2.05, 4.69) is 0 Å². The molecule has 0 fully saturated rings. The third kappa shape index (κ3) is 4.69. The van der Waals surface area contributed by atoms with E-state index >= 15 is 0 Å². The Balaban J connectivity index is 2.96. The Morgan fingerprint density at radius 1 is 1.40 bits per heavy atom. The van der Waals surface area contributed by atoms with Crippen LogP contribution in [0.1, 0.15) is 18.9 Å². The van der Waals surface area contributed by atoms with E-state index in [1.165, 1.54) is 18.2 Å². The standard InChI is InChI=1S/C12H18F2N2O3S/c1-2-5-19-11-4-3-10(6-9(11)7-15)20(17,18)16-8-12(13)14/h3-4,6,12,16H,2,5,7-8,15H2,1H3. The van der Waals surface area contributed by atoms with Gasteiger partial charge in [-0.05, 0) is 24.6 Å². The molecule has 0 radical (unpaired) electrons. The van der Waals surface area contributed by atoms with Crippen LogP contribution in [0.2, 0.25) is 0 Å². The van der Waals surface area contributed by atoms with Gasteiger partial charge < -0.3 is 10.5 Å². The van der Waals surface area contributed by atoms with Crippen molar-refractivity contribution in [3.8, 4) is 5.75 Å². The first kappa shape index (κ1) is 16.8. The summed E-state index contributed by atoms with van der Waals surface area (Å²) in [7, 11) is -3.97. The molecule has 5 nitrogen and oxygen atoms in total. The van der Waals surface area contributed by atoms with Crippen LogP contribution in [0.5, 0.6) is 5.75 Å². The minimum atomic E-state index is -3.97. The maximum absolute atomic E-state index is 12.1. The normalized spacial score (nSPS) is 11.8. The predicted molar refractivity (Wildman–Crippen MR) is 71.3 cm³/mol. The number of benzene rings is 1. The monoisotopic (exact) mass is 308 g/mol. The largest absolute Gasteiger partial charge is 0.493 e. The summed E-state index contributed by atoms with van der Waals surface area (Å²) in [4.78, 5) is -0.109. The summed E-state index contributed by atoms with van der Waals surface area (Å²) in [6.45, 7) is 1.60. The van der Waals surface area contributed by atoms with Crippen LogP contribution >= 0.6 is 0 Å². The van der Waals surface area contributed by atoms with Crippen molar-refractivity contribution in [2.45, 2.75) is 31.2 Å². The number of hydrogen-bond donors (Lipinski definition) is 2. The van der Waals surface area contributed by atoms with Gasteiger partial charge in [0.25, 0.3) is 6.43 Å². The topological polar surface area (TPSA) is 81.4 Å². The lowest BCUT2D eigenvalue weighted by atomic mass is 10.2. The van der Waals surface area contributed by atoms with E-state index in [1.807, 2.05) is 11.6 Å². The Hall–Kier alpha value is -1.25. The second-order valence-corrected chi connectivity index (χ2v) is 5.83. The minimum Gasteiger partial charge on any atom is -0.493 e. The van der Waals surface area contributed by atoms with E-state index < -0.39 is 23.0 Å². The lowest BCUT2D eigenvalue weighted by Crippen LogP contribution is -2.28. The number of ether oxygens (including phenoxy) is 1. The fourth-order valence-electron chi connectivity index (χ4n) is 1.49. The number of alkyl halides is 2. The Morgan fingerprint density at radius 2 is 2.10 bits per heavy atom. The van der Waals surface area contributed by atoms with Gasteiger partial charge in [0, 0.05) is 12.1 Å². The molecule has 114 valence electrons. The van der Waals surface area contributed by atoms with Gasteiger partial charge in [-0.15, -0.1) is 0 Å². The average Bonchev–Trinajstić information content (AvgIpc) is 2.42. The highest BCUT2D eigenvalue weighted by Crippen LogP contribution is 2.22. The molecule has 20 heavy (non-hydrogen) atoms. The van der Waals surface area contributed by atoms with Crippen molar-refractivity contribution in [2.24, 2.45) is 5.73 Å². The first-order valence-electron chi connectivity index (χ1n) is 6.14. The summed E-state index contributed by atoms with van der Waals surface area (Å²) in [5.41, 5.74) is 6.05. The molecule has 0 aliphatic carbocycles. The molecule has 0 unspecified atom stereocenters. The third-order valence-electron chi connectivity index (χ3n) is 2.45. The molecule has 0 bridgehead atoms. The molecule has 0 saturated heterocycles. The molecule has 0 aliphatic heterocycles. The molecular formula is C12H18F2N2O3S. The molecule has 0 saturated carbocycles. The van der Waals surface area contributed by atoms with Gasteiger partial charge in [0.05, 0.1) is 18.0 Å². The van der Waals surface area contributed by atoms with Crippen LogP contribution in [0.4, 0.5) is 8.78 Å². The van der Waals surface area contributed by atoms with Crippen molar-refractivity contribution in [3.05, 3.63) is 23.8 Å². The van der Waals surface area contributed by atoms with Gasteiger partial charge in [0.2, 0.25) is 10.0 Å². The molecule has 8 heteroatoms. The molecule has 1 aromatic rings. The van der Waals surface area contributed by atoms with Crippen molar-refractivity contribution in [2.75, 3.05) is 13.2 Å².